The minimum Gasteiger partial charge on any atom is -0.382 e. The van der Waals surface area contributed by atoms with E-state index in [-0.39, 0.29) is 6.54 Å². The highest BCUT2D eigenvalue weighted by molar-refractivity contribution is 5.39. The van der Waals surface area contributed by atoms with E-state index in [0.717, 1.165) is 11.5 Å². The average molecular weight is 278 g/mol. The Morgan fingerprint density at radius 3 is 2.47 bits per heavy atom. The number of piperazine rings is 1. The standard InChI is InChI=1S/C11H17F3N4O/c1-8-6-10(16-15-8)18-4-2-17(3-5-18)7-9(19)11(12,13)14/h6,9,19H,2-5,7H2,1H3,(H,15,16). The number of aromatic amines is 1. The first-order valence-electron chi connectivity index (χ1n) is 6.10. The number of β-amino-alcohol motifs (C(OH)–C–C–N with tert-alkyl or cyclic N) is 1. The van der Waals surface area contributed by atoms with Crippen LogP contribution in [0.4, 0.5) is 19.0 Å². The Morgan fingerprint density at radius 2 is 2.00 bits per heavy atom. The number of H-pyrrole nitrogens is 1. The minimum atomic E-state index is -4.55. The molecule has 2 N–H and O–H groups in total. The molecule has 1 saturated heterocycles. The van der Waals surface area contributed by atoms with Gasteiger partial charge in [-0.05, 0) is 6.92 Å². The summed E-state index contributed by atoms with van der Waals surface area (Å²) < 4.78 is 36.7. The van der Waals surface area contributed by atoms with E-state index in [0.29, 0.717) is 26.2 Å². The average Bonchev–Trinajstić information content (AvgIpc) is 2.75. The number of halogens is 3. The molecule has 5 nitrogen and oxygen atoms in total. The first-order valence-corrected chi connectivity index (χ1v) is 6.10. The van der Waals surface area contributed by atoms with Crippen molar-refractivity contribution in [2.75, 3.05) is 37.6 Å². The van der Waals surface area contributed by atoms with Gasteiger partial charge in [0.25, 0.3) is 0 Å². The number of nitrogens with zero attached hydrogens (tertiary/aromatic N) is 3. The zero-order chi connectivity index (χ0) is 14.0. The highest BCUT2D eigenvalue weighted by Gasteiger charge is 2.39. The van der Waals surface area contributed by atoms with E-state index in [1.165, 1.54) is 0 Å². The molecule has 1 atom stereocenters. The van der Waals surface area contributed by atoms with Gasteiger partial charge in [-0.15, -0.1) is 0 Å². The van der Waals surface area contributed by atoms with Crippen molar-refractivity contribution in [2.24, 2.45) is 0 Å². The Kier molecular flexibility index (Phi) is 4.00. The number of alkyl halides is 3. The third kappa shape index (κ3) is 3.60. The van der Waals surface area contributed by atoms with E-state index >= 15 is 0 Å². The summed E-state index contributed by atoms with van der Waals surface area (Å²) in [6.07, 6.45) is -6.82. The molecular weight excluding hydrogens is 261 g/mol. The molecule has 0 aromatic carbocycles. The summed E-state index contributed by atoms with van der Waals surface area (Å²) in [6, 6.07) is 1.90. The Balaban J connectivity index is 1.83. The highest BCUT2D eigenvalue weighted by Crippen LogP contribution is 2.21. The molecule has 0 aliphatic carbocycles. The zero-order valence-electron chi connectivity index (χ0n) is 10.6. The molecule has 108 valence electrons. The van der Waals surface area contributed by atoms with E-state index in [9.17, 15) is 13.2 Å². The van der Waals surface area contributed by atoms with Crippen molar-refractivity contribution in [2.45, 2.75) is 19.2 Å². The smallest absolute Gasteiger partial charge is 0.382 e. The van der Waals surface area contributed by atoms with E-state index in [1.807, 2.05) is 17.9 Å². The van der Waals surface area contributed by atoms with Gasteiger partial charge < -0.3 is 10.0 Å². The third-order valence-corrected chi connectivity index (χ3v) is 3.20. The van der Waals surface area contributed by atoms with Gasteiger partial charge in [-0.1, -0.05) is 0 Å². The monoisotopic (exact) mass is 278 g/mol. The van der Waals surface area contributed by atoms with Gasteiger partial charge in [-0.3, -0.25) is 10.00 Å². The van der Waals surface area contributed by atoms with Crippen LogP contribution >= 0.6 is 0 Å². The van der Waals surface area contributed by atoms with E-state index in [4.69, 9.17) is 5.11 Å². The van der Waals surface area contributed by atoms with Crippen LogP contribution in [0.15, 0.2) is 6.07 Å². The van der Waals surface area contributed by atoms with Crippen LogP contribution < -0.4 is 4.90 Å². The van der Waals surface area contributed by atoms with Crippen molar-refractivity contribution in [1.29, 1.82) is 0 Å². The van der Waals surface area contributed by atoms with Crippen molar-refractivity contribution in [3.63, 3.8) is 0 Å². The quantitative estimate of drug-likeness (QED) is 0.857. The first kappa shape index (κ1) is 14.1. The molecule has 1 aromatic rings. The lowest BCUT2D eigenvalue weighted by Crippen LogP contribution is -2.50. The summed E-state index contributed by atoms with van der Waals surface area (Å²) in [5.41, 5.74) is 0.949. The summed E-state index contributed by atoms with van der Waals surface area (Å²) in [6.45, 7) is 3.71. The predicted molar refractivity (Wildman–Crippen MR) is 64.0 cm³/mol. The zero-order valence-corrected chi connectivity index (χ0v) is 10.6. The van der Waals surface area contributed by atoms with E-state index in [2.05, 4.69) is 10.2 Å². The molecule has 1 unspecified atom stereocenters. The lowest BCUT2D eigenvalue weighted by atomic mass is 10.2. The fourth-order valence-corrected chi connectivity index (χ4v) is 2.07. The largest absolute Gasteiger partial charge is 0.415 e. The summed E-state index contributed by atoms with van der Waals surface area (Å²) in [7, 11) is 0. The van der Waals surface area contributed by atoms with Gasteiger partial charge in [0.15, 0.2) is 11.9 Å². The topological polar surface area (TPSA) is 55.4 Å². The molecule has 2 heterocycles. The second-order valence-corrected chi connectivity index (χ2v) is 4.75. The number of rotatable bonds is 3. The lowest BCUT2D eigenvalue weighted by Gasteiger charge is -2.35. The van der Waals surface area contributed by atoms with E-state index in [1.54, 1.807) is 4.90 Å². The van der Waals surface area contributed by atoms with Gasteiger partial charge in [-0.25, -0.2) is 0 Å². The first-order chi connectivity index (χ1) is 8.86. The second kappa shape index (κ2) is 5.38. The fourth-order valence-electron chi connectivity index (χ4n) is 2.07. The Hall–Kier alpha value is -1.28. The maximum Gasteiger partial charge on any atom is 0.415 e. The number of aromatic nitrogens is 2. The van der Waals surface area contributed by atoms with Crippen LogP contribution in [0.25, 0.3) is 0 Å². The summed E-state index contributed by atoms with van der Waals surface area (Å²) >= 11 is 0. The second-order valence-electron chi connectivity index (χ2n) is 4.75. The van der Waals surface area contributed by atoms with Crippen LogP contribution in [-0.4, -0.2) is 65.2 Å². The predicted octanol–water partition coefficient (Wildman–Crippen LogP) is 0.763. The van der Waals surface area contributed by atoms with Crippen molar-refractivity contribution in [1.82, 2.24) is 15.1 Å². The third-order valence-electron chi connectivity index (χ3n) is 3.20. The molecule has 1 fully saturated rings. The van der Waals surface area contributed by atoms with Crippen LogP contribution in [0.5, 0.6) is 0 Å². The summed E-state index contributed by atoms with van der Waals surface area (Å²) in [5, 5.41) is 16.0. The minimum absolute atomic E-state index is 0.364. The van der Waals surface area contributed by atoms with Gasteiger partial charge in [0.1, 0.15) is 0 Å². The van der Waals surface area contributed by atoms with Crippen molar-refractivity contribution in [3.05, 3.63) is 11.8 Å². The number of anilines is 1. The Morgan fingerprint density at radius 1 is 1.37 bits per heavy atom. The number of nitrogens with one attached hydrogen (secondary N) is 1. The highest BCUT2D eigenvalue weighted by atomic mass is 19.4. The molecule has 0 amide bonds. The maximum absolute atomic E-state index is 12.2. The summed E-state index contributed by atoms with van der Waals surface area (Å²) in [4.78, 5) is 3.63. The van der Waals surface area contributed by atoms with Gasteiger partial charge in [0, 0.05) is 44.5 Å². The van der Waals surface area contributed by atoms with Gasteiger partial charge in [0.2, 0.25) is 0 Å². The number of hydrogen-bond donors (Lipinski definition) is 2. The normalized spacial score (nSPS) is 19.7. The molecule has 1 aliphatic rings. The van der Waals surface area contributed by atoms with Gasteiger partial charge >= 0.3 is 6.18 Å². The number of aliphatic hydroxyl groups is 1. The maximum atomic E-state index is 12.2. The van der Waals surface area contributed by atoms with Crippen LogP contribution in [0, 0.1) is 6.92 Å². The Labute approximate surface area is 109 Å². The fraction of sp³-hybridized carbons (Fsp3) is 0.727. The Bertz CT molecular complexity index is 412. The van der Waals surface area contributed by atoms with Crippen LogP contribution in [0.1, 0.15) is 5.69 Å². The molecule has 0 spiro atoms. The van der Waals surface area contributed by atoms with Crippen molar-refractivity contribution >= 4 is 5.82 Å². The van der Waals surface area contributed by atoms with Crippen molar-refractivity contribution < 1.29 is 18.3 Å². The number of aryl methyl sites for hydroxylation is 1. The molecule has 19 heavy (non-hydrogen) atoms. The van der Waals surface area contributed by atoms with E-state index < -0.39 is 12.3 Å². The van der Waals surface area contributed by atoms with Gasteiger partial charge in [0.05, 0.1) is 0 Å². The number of hydrogen-bond acceptors (Lipinski definition) is 4. The molecule has 2 rings (SSSR count). The molecule has 1 aliphatic heterocycles. The SMILES string of the molecule is Cc1cc(N2CCN(CC(O)C(F)(F)F)CC2)n[nH]1. The molecule has 0 saturated carbocycles. The van der Waals surface area contributed by atoms with Crippen LogP contribution in [0.2, 0.25) is 0 Å². The summed E-state index contributed by atoms with van der Waals surface area (Å²) in [5.74, 6) is 0.813. The molecular formula is C11H17F3N4O. The van der Waals surface area contributed by atoms with Gasteiger partial charge in [-0.2, -0.15) is 18.3 Å². The lowest BCUT2D eigenvalue weighted by molar-refractivity contribution is -0.208. The van der Waals surface area contributed by atoms with Crippen LogP contribution in [-0.2, 0) is 0 Å². The molecule has 8 heteroatoms. The number of aliphatic hydroxyl groups excluding tert-OH is 1. The van der Waals surface area contributed by atoms with Crippen LogP contribution in [0.3, 0.4) is 0 Å². The molecule has 1 aromatic heterocycles. The molecule has 0 radical (unpaired) electrons. The molecule has 0 bridgehead atoms. The van der Waals surface area contributed by atoms with Crippen molar-refractivity contribution in [3.8, 4) is 0 Å².